The van der Waals surface area contributed by atoms with E-state index in [2.05, 4.69) is 44.8 Å². The summed E-state index contributed by atoms with van der Waals surface area (Å²) in [5.41, 5.74) is 3.01. The zero-order chi connectivity index (χ0) is 19.2. The van der Waals surface area contributed by atoms with E-state index >= 15 is 0 Å². The minimum Gasteiger partial charge on any atom is -0.381 e. The molecule has 148 valence electrons. The molecule has 4 rings (SSSR count). The fourth-order valence-electron chi connectivity index (χ4n) is 3.80. The molecule has 2 saturated heterocycles. The van der Waals surface area contributed by atoms with Crippen LogP contribution in [0.4, 0.5) is 22.9 Å². The molecule has 0 unspecified atom stereocenters. The number of nitrogens with one attached hydrogen (secondary N) is 2. The first-order valence-corrected chi connectivity index (χ1v) is 10.2. The van der Waals surface area contributed by atoms with Crippen LogP contribution in [0.25, 0.3) is 0 Å². The van der Waals surface area contributed by atoms with Crippen LogP contribution in [0.15, 0.2) is 42.6 Å². The average Bonchev–Trinajstić information content (AvgIpc) is 2.77. The van der Waals surface area contributed by atoms with E-state index in [4.69, 9.17) is 4.74 Å². The molecule has 0 radical (unpaired) electrons. The van der Waals surface area contributed by atoms with E-state index in [-0.39, 0.29) is 11.8 Å². The van der Waals surface area contributed by atoms with Crippen LogP contribution in [0.5, 0.6) is 0 Å². The van der Waals surface area contributed by atoms with Crippen molar-refractivity contribution in [3.05, 3.63) is 42.6 Å². The molecule has 0 atom stereocenters. The Balaban J connectivity index is 1.32. The van der Waals surface area contributed by atoms with Gasteiger partial charge in [-0.1, -0.05) is 0 Å². The number of aromatic nitrogens is 1. The molecule has 6 nitrogen and oxygen atoms in total. The third-order valence-corrected chi connectivity index (χ3v) is 5.48. The number of hydrogen-bond acceptors (Lipinski definition) is 5. The van der Waals surface area contributed by atoms with E-state index in [1.54, 1.807) is 6.20 Å². The van der Waals surface area contributed by atoms with E-state index in [9.17, 15) is 4.79 Å². The van der Waals surface area contributed by atoms with Crippen LogP contribution < -0.4 is 15.5 Å². The van der Waals surface area contributed by atoms with Crippen LogP contribution in [-0.4, -0.2) is 37.2 Å². The zero-order valence-corrected chi connectivity index (χ0v) is 16.2. The standard InChI is InChI=1S/C22H28N4O2/c27-22(17-10-14-28-15-11-17)25-19-6-9-21(23-16-19)24-18-4-7-20(8-5-18)26-12-2-1-3-13-26/h4-9,16-17H,1-3,10-15H2,(H,23,24)(H,25,27). The summed E-state index contributed by atoms with van der Waals surface area (Å²) >= 11 is 0. The molecule has 1 amide bonds. The first-order valence-electron chi connectivity index (χ1n) is 10.2. The maximum absolute atomic E-state index is 12.3. The van der Waals surface area contributed by atoms with Crippen LogP contribution in [0.1, 0.15) is 32.1 Å². The van der Waals surface area contributed by atoms with Crippen LogP contribution in [-0.2, 0) is 9.53 Å². The number of pyridine rings is 1. The molecule has 0 aliphatic carbocycles. The number of rotatable bonds is 5. The summed E-state index contributed by atoms with van der Waals surface area (Å²) in [5, 5.41) is 6.28. The quantitative estimate of drug-likeness (QED) is 0.815. The van der Waals surface area contributed by atoms with Gasteiger partial charge in [0.1, 0.15) is 5.82 Å². The Morgan fingerprint density at radius 2 is 1.68 bits per heavy atom. The molecule has 28 heavy (non-hydrogen) atoms. The predicted octanol–water partition coefficient (Wildman–Crippen LogP) is 4.18. The highest BCUT2D eigenvalue weighted by atomic mass is 16.5. The number of anilines is 4. The highest BCUT2D eigenvalue weighted by Crippen LogP contribution is 2.24. The fraction of sp³-hybridized carbons (Fsp3) is 0.455. The van der Waals surface area contributed by atoms with E-state index in [1.165, 1.54) is 24.9 Å². The second kappa shape index (κ2) is 9.06. The summed E-state index contributed by atoms with van der Waals surface area (Å²) in [6, 6.07) is 12.3. The summed E-state index contributed by atoms with van der Waals surface area (Å²) in [7, 11) is 0. The van der Waals surface area contributed by atoms with Gasteiger partial charge >= 0.3 is 0 Å². The number of benzene rings is 1. The molecule has 1 aromatic carbocycles. The average molecular weight is 380 g/mol. The summed E-state index contributed by atoms with van der Waals surface area (Å²) in [6.07, 6.45) is 7.16. The van der Waals surface area contributed by atoms with Gasteiger partial charge in [-0.05, 0) is 68.5 Å². The first kappa shape index (κ1) is 18.7. The second-order valence-corrected chi connectivity index (χ2v) is 7.53. The van der Waals surface area contributed by atoms with Gasteiger partial charge in [-0.2, -0.15) is 0 Å². The molecular weight excluding hydrogens is 352 g/mol. The minimum absolute atomic E-state index is 0.0324. The fourth-order valence-corrected chi connectivity index (χ4v) is 3.80. The molecule has 2 N–H and O–H groups in total. The zero-order valence-electron chi connectivity index (χ0n) is 16.2. The van der Waals surface area contributed by atoms with Gasteiger partial charge in [0.25, 0.3) is 0 Å². The molecule has 2 fully saturated rings. The van der Waals surface area contributed by atoms with E-state index in [1.807, 2.05) is 12.1 Å². The number of carbonyl (C=O) groups is 1. The summed E-state index contributed by atoms with van der Waals surface area (Å²) < 4.78 is 5.31. The number of nitrogens with zero attached hydrogens (tertiary/aromatic N) is 2. The maximum atomic E-state index is 12.3. The Morgan fingerprint density at radius 3 is 2.36 bits per heavy atom. The van der Waals surface area contributed by atoms with Gasteiger partial charge < -0.3 is 20.3 Å². The van der Waals surface area contributed by atoms with E-state index < -0.39 is 0 Å². The lowest BCUT2D eigenvalue weighted by Gasteiger charge is -2.28. The molecule has 0 saturated carbocycles. The van der Waals surface area contributed by atoms with Crippen molar-refractivity contribution in [2.75, 3.05) is 41.8 Å². The molecular formula is C22H28N4O2. The van der Waals surface area contributed by atoms with Crippen LogP contribution in [0.2, 0.25) is 0 Å². The molecule has 0 bridgehead atoms. The van der Waals surface area contributed by atoms with Crippen molar-refractivity contribution in [2.24, 2.45) is 5.92 Å². The smallest absolute Gasteiger partial charge is 0.227 e. The maximum Gasteiger partial charge on any atom is 0.227 e. The van der Waals surface area contributed by atoms with Crippen molar-refractivity contribution < 1.29 is 9.53 Å². The van der Waals surface area contributed by atoms with Crippen LogP contribution in [0, 0.1) is 5.92 Å². The lowest BCUT2D eigenvalue weighted by atomic mass is 9.99. The largest absolute Gasteiger partial charge is 0.381 e. The van der Waals surface area contributed by atoms with Gasteiger partial charge in [-0.25, -0.2) is 4.98 Å². The Labute approximate surface area is 166 Å². The second-order valence-electron chi connectivity index (χ2n) is 7.53. The molecule has 0 spiro atoms. The topological polar surface area (TPSA) is 66.5 Å². The van der Waals surface area contributed by atoms with Crippen molar-refractivity contribution >= 4 is 28.8 Å². The minimum atomic E-state index is 0.0324. The normalized spacial score (nSPS) is 17.9. The number of ether oxygens (including phenoxy) is 1. The Kier molecular flexibility index (Phi) is 6.07. The third kappa shape index (κ3) is 4.81. The van der Waals surface area contributed by atoms with Crippen LogP contribution in [0.3, 0.4) is 0 Å². The summed E-state index contributed by atoms with van der Waals surface area (Å²) in [4.78, 5) is 19.2. The SMILES string of the molecule is O=C(Nc1ccc(Nc2ccc(N3CCCCC3)cc2)nc1)C1CCOCC1. The van der Waals surface area contributed by atoms with Crippen molar-refractivity contribution in [3.63, 3.8) is 0 Å². The van der Waals surface area contributed by atoms with Crippen molar-refractivity contribution in [2.45, 2.75) is 32.1 Å². The van der Waals surface area contributed by atoms with Gasteiger partial charge in [-0.15, -0.1) is 0 Å². The Bertz CT molecular complexity index is 764. The molecule has 2 aromatic rings. The van der Waals surface area contributed by atoms with Gasteiger partial charge in [0, 0.05) is 43.6 Å². The highest BCUT2D eigenvalue weighted by molar-refractivity contribution is 5.92. The highest BCUT2D eigenvalue weighted by Gasteiger charge is 2.21. The van der Waals surface area contributed by atoms with Gasteiger partial charge in [-0.3, -0.25) is 4.79 Å². The monoisotopic (exact) mass is 380 g/mol. The third-order valence-electron chi connectivity index (χ3n) is 5.48. The first-order chi connectivity index (χ1) is 13.8. The molecule has 2 aliphatic heterocycles. The predicted molar refractivity (Wildman–Crippen MR) is 112 cm³/mol. The van der Waals surface area contributed by atoms with Crippen molar-refractivity contribution in [1.82, 2.24) is 4.98 Å². The van der Waals surface area contributed by atoms with Gasteiger partial charge in [0.05, 0.1) is 11.9 Å². The molecule has 1 aromatic heterocycles. The molecule has 3 heterocycles. The Morgan fingerprint density at radius 1 is 0.964 bits per heavy atom. The summed E-state index contributed by atoms with van der Waals surface area (Å²) in [6.45, 7) is 3.62. The van der Waals surface area contributed by atoms with Crippen molar-refractivity contribution in [1.29, 1.82) is 0 Å². The van der Waals surface area contributed by atoms with Crippen LogP contribution >= 0.6 is 0 Å². The summed E-state index contributed by atoms with van der Waals surface area (Å²) in [5.74, 6) is 0.846. The lowest BCUT2D eigenvalue weighted by Crippen LogP contribution is -2.29. The number of piperidine rings is 1. The Hall–Kier alpha value is -2.60. The molecule has 2 aliphatic rings. The van der Waals surface area contributed by atoms with E-state index in [0.717, 1.165) is 43.1 Å². The lowest BCUT2D eigenvalue weighted by molar-refractivity contribution is -0.122. The number of hydrogen-bond donors (Lipinski definition) is 2. The van der Waals surface area contributed by atoms with E-state index in [0.29, 0.717) is 13.2 Å². The number of amides is 1. The molecule has 6 heteroatoms. The van der Waals surface area contributed by atoms with Gasteiger partial charge in [0.2, 0.25) is 5.91 Å². The van der Waals surface area contributed by atoms with Crippen molar-refractivity contribution in [3.8, 4) is 0 Å². The number of carbonyl (C=O) groups excluding carboxylic acids is 1. The van der Waals surface area contributed by atoms with Gasteiger partial charge in [0.15, 0.2) is 0 Å².